The van der Waals surface area contributed by atoms with Crippen LogP contribution in [0, 0.1) is 27.2 Å². The molecule has 142 valence electrons. The van der Waals surface area contributed by atoms with Crippen LogP contribution >= 0.6 is 15.9 Å². The van der Waals surface area contributed by atoms with Crippen molar-refractivity contribution in [3.8, 4) is 5.69 Å². The SMILES string of the molecule is Cc1cc(NC(=O)c2ccc(Br)c([N+](=O)[O-])c2)n(-c2ccc([N+](=O)[O-])cc2)n1. The molecule has 10 nitrogen and oxygen atoms in total. The number of nitrogens with one attached hydrogen (secondary N) is 1. The van der Waals surface area contributed by atoms with Crippen LogP contribution in [0.4, 0.5) is 17.2 Å². The van der Waals surface area contributed by atoms with E-state index in [2.05, 4.69) is 26.3 Å². The second-order valence-electron chi connectivity index (χ2n) is 5.73. The fourth-order valence-corrected chi connectivity index (χ4v) is 2.87. The van der Waals surface area contributed by atoms with Gasteiger partial charge in [0.2, 0.25) is 0 Å². The van der Waals surface area contributed by atoms with Gasteiger partial charge in [-0.25, -0.2) is 4.68 Å². The average Bonchev–Trinajstić information content (AvgIpc) is 3.02. The standard InChI is InChI=1S/C17H12BrN5O5/c1-10-8-16(21(20-10)12-3-5-13(6-4-12)22(25)26)19-17(24)11-2-7-14(18)15(9-11)23(27)28/h2-9H,1H3,(H,19,24). The summed E-state index contributed by atoms with van der Waals surface area (Å²) < 4.78 is 1.69. The van der Waals surface area contributed by atoms with Crippen molar-refractivity contribution in [2.45, 2.75) is 6.92 Å². The molecule has 3 rings (SSSR count). The van der Waals surface area contributed by atoms with Crippen LogP contribution in [0.3, 0.4) is 0 Å². The van der Waals surface area contributed by atoms with Gasteiger partial charge in [0.25, 0.3) is 17.3 Å². The zero-order valence-corrected chi connectivity index (χ0v) is 15.9. The number of non-ortho nitro benzene ring substituents is 1. The third-order valence-corrected chi connectivity index (χ3v) is 4.45. The van der Waals surface area contributed by atoms with Crippen molar-refractivity contribution in [2.75, 3.05) is 5.32 Å². The quantitative estimate of drug-likeness (QED) is 0.465. The lowest BCUT2D eigenvalue weighted by Crippen LogP contribution is -2.15. The third kappa shape index (κ3) is 3.88. The van der Waals surface area contributed by atoms with Crippen molar-refractivity contribution in [3.05, 3.63) is 84.5 Å². The Morgan fingerprint density at radius 2 is 1.75 bits per heavy atom. The molecule has 3 aromatic rings. The highest BCUT2D eigenvalue weighted by molar-refractivity contribution is 9.10. The van der Waals surface area contributed by atoms with E-state index in [-0.39, 0.29) is 21.4 Å². The molecule has 0 atom stereocenters. The molecule has 0 aliphatic heterocycles. The highest BCUT2D eigenvalue weighted by atomic mass is 79.9. The summed E-state index contributed by atoms with van der Waals surface area (Å²) in [6.07, 6.45) is 0. The Balaban J connectivity index is 1.91. The first-order chi connectivity index (χ1) is 13.3. The van der Waals surface area contributed by atoms with Gasteiger partial charge in [0, 0.05) is 29.8 Å². The van der Waals surface area contributed by atoms with Gasteiger partial charge in [-0.2, -0.15) is 5.10 Å². The molecular formula is C17H12BrN5O5. The molecule has 0 spiro atoms. The van der Waals surface area contributed by atoms with E-state index >= 15 is 0 Å². The summed E-state index contributed by atoms with van der Waals surface area (Å²) in [6, 6.07) is 11.3. The number of aromatic nitrogens is 2. The predicted molar refractivity (Wildman–Crippen MR) is 104 cm³/mol. The first kappa shape index (κ1) is 19.2. The Kier molecular flexibility index (Phi) is 5.18. The monoisotopic (exact) mass is 445 g/mol. The lowest BCUT2D eigenvalue weighted by atomic mass is 10.2. The first-order valence-corrected chi connectivity index (χ1v) is 8.62. The summed E-state index contributed by atoms with van der Waals surface area (Å²) in [5.41, 5.74) is 0.920. The molecule has 0 unspecified atom stereocenters. The summed E-state index contributed by atoms with van der Waals surface area (Å²) in [5, 5.41) is 28.8. The van der Waals surface area contributed by atoms with Crippen LogP contribution in [0.25, 0.3) is 5.69 Å². The molecule has 0 aliphatic rings. The van der Waals surface area contributed by atoms with E-state index < -0.39 is 15.8 Å². The minimum atomic E-state index is -0.591. The Labute approximate surface area is 166 Å². The molecule has 0 saturated heterocycles. The molecule has 0 fully saturated rings. The van der Waals surface area contributed by atoms with Crippen molar-refractivity contribution in [2.24, 2.45) is 0 Å². The van der Waals surface area contributed by atoms with E-state index in [4.69, 9.17) is 0 Å². The molecule has 0 bridgehead atoms. The predicted octanol–water partition coefficient (Wildman–Crippen LogP) is 4.01. The molecule has 1 N–H and O–H groups in total. The number of aryl methyl sites for hydroxylation is 1. The van der Waals surface area contributed by atoms with E-state index in [0.29, 0.717) is 17.2 Å². The molecule has 11 heteroatoms. The van der Waals surface area contributed by atoms with Crippen LogP contribution in [0.2, 0.25) is 0 Å². The van der Waals surface area contributed by atoms with Crippen LogP contribution in [-0.2, 0) is 0 Å². The van der Waals surface area contributed by atoms with Crippen LogP contribution in [0.5, 0.6) is 0 Å². The minimum Gasteiger partial charge on any atom is -0.306 e. The highest BCUT2D eigenvalue weighted by Crippen LogP contribution is 2.26. The number of nitro benzene ring substituents is 2. The lowest BCUT2D eigenvalue weighted by Gasteiger charge is -2.09. The van der Waals surface area contributed by atoms with Gasteiger partial charge in [0.05, 0.1) is 25.7 Å². The molecular weight excluding hydrogens is 434 g/mol. The zero-order valence-electron chi connectivity index (χ0n) is 14.3. The Hall–Kier alpha value is -3.60. The number of rotatable bonds is 5. The van der Waals surface area contributed by atoms with Crippen LogP contribution in [-0.4, -0.2) is 25.5 Å². The average molecular weight is 446 g/mol. The Morgan fingerprint density at radius 3 is 2.36 bits per heavy atom. The number of hydrogen-bond donors (Lipinski definition) is 1. The van der Waals surface area contributed by atoms with Crippen molar-refractivity contribution in [3.63, 3.8) is 0 Å². The zero-order chi connectivity index (χ0) is 20.4. The van der Waals surface area contributed by atoms with E-state index in [1.807, 2.05) is 0 Å². The molecule has 28 heavy (non-hydrogen) atoms. The maximum atomic E-state index is 12.6. The van der Waals surface area contributed by atoms with Crippen LogP contribution in [0.15, 0.2) is 53.0 Å². The molecule has 1 aromatic heterocycles. The summed E-state index contributed by atoms with van der Waals surface area (Å²) >= 11 is 3.07. The van der Waals surface area contributed by atoms with Gasteiger partial charge in [-0.05, 0) is 47.1 Å². The number of carbonyl (C=O) groups excluding carboxylic acids is 1. The number of benzene rings is 2. The second-order valence-corrected chi connectivity index (χ2v) is 6.59. The number of hydrogen-bond acceptors (Lipinski definition) is 6. The Bertz CT molecular complexity index is 1090. The van der Waals surface area contributed by atoms with E-state index in [1.54, 1.807) is 13.0 Å². The number of amides is 1. The number of carbonyl (C=O) groups is 1. The van der Waals surface area contributed by atoms with E-state index in [1.165, 1.54) is 47.1 Å². The van der Waals surface area contributed by atoms with Gasteiger partial charge in [-0.15, -0.1) is 0 Å². The molecule has 0 radical (unpaired) electrons. The highest BCUT2D eigenvalue weighted by Gasteiger charge is 2.18. The fourth-order valence-electron chi connectivity index (χ4n) is 2.48. The topological polar surface area (TPSA) is 133 Å². The molecule has 0 saturated carbocycles. The van der Waals surface area contributed by atoms with Crippen LogP contribution in [0.1, 0.15) is 16.1 Å². The second kappa shape index (κ2) is 7.56. The Morgan fingerprint density at radius 1 is 1.07 bits per heavy atom. The molecule has 1 amide bonds. The van der Waals surface area contributed by atoms with Gasteiger partial charge in [-0.3, -0.25) is 25.0 Å². The van der Waals surface area contributed by atoms with Crippen molar-refractivity contribution >= 4 is 39.0 Å². The van der Waals surface area contributed by atoms with E-state index in [0.717, 1.165) is 0 Å². The van der Waals surface area contributed by atoms with Gasteiger partial charge in [-0.1, -0.05) is 0 Å². The normalized spacial score (nSPS) is 10.5. The summed E-state index contributed by atoms with van der Waals surface area (Å²) in [7, 11) is 0. The largest absolute Gasteiger partial charge is 0.306 e. The smallest absolute Gasteiger partial charge is 0.284 e. The minimum absolute atomic E-state index is 0.0691. The molecule has 2 aromatic carbocycles. The molecule has 0 aliphatic carbocycles. The maximum Gasteiger partial charge on any atom is 0.284 e. The number of anilines is 1. The van der Waals surface area contributed by atoms with Crippen LogP contribution < -0.4 is 5.32 Å². The van der Waals surface area contributed by atoms with Gasteiger partial charge in [0.15, 0.2) is 0 Å². The molecule has 1 heterocycles. The first-order valence-electron chi connectivity index (χ1n) is 7.83. The summed E-state index contributed by atoms with van der Waals surface area (Å²) in [4.78, 5) is 33.3. The van der Waals surface area contributed by atoms with Gasteiger partial charge >= 0.3 is 0 Å². The summed E-state index contributed by atoms with van der Waals surface area (Å²) in [6.45, 7) is 1.72. The number of nitro groups is 2. The van der Waals surface area contributed by atoms with Crippen molar-refractivity contribution in [1.29, 1.82) is 0 Å². The lowest BCUT2D eigenvalue weighted by molar-refractivity contribution is -0.385. The fraction of sp³-hybridized carbons (Fsp3) is 0.0588. The van der Waals surface area contributed by atoms with Gasteiger partial charge in [0.1, 0.15) is 5.82 Å². The van der Waals surface area contributed by atoms with E-state index in [9.17, 15) is 25.0 Å². The number of nitrogens with zero attached hydrogens (tertiary/aromatic N) is 4. The van der Waals surface area contributed by atoms with Crippen molar-refractivity contribution < 1.29 is 14.6 Å². The maximum absolute atomic E-state index is 12.6. The number of halogens is 1. The van der Waals surface area contributed by atoms with Gasteiger partial charge < -0.3 is 5.32 Å². The summed E-state index contributed by atoms with van der Waals surface area (Å²) in [5.74, 6) is -0.236. The van der Waals surface area contributed by atoms with Crippen molar-refractivity contribution in [1.82, 2.24) is 9.78 Å². The third-order valence-electron chi connectivity index (χ3n) is 3.78.